The van der Waals surface area contributed by atoms with Gasteiger partial charge in [-0.2, -0.15) is 0 Å². The summed E-state index contributed by atoms with van der Waals surface area (Å²) in [5, 5.41) is 11.2. The highest BCUT2D eigenvalue weighted by molar-refractivity contribution is 7.99. The molecular weight excluding hydrogens is 426 g/mol. The first-order valence-electron chi connectivity index (χ1n) is 9.04. The van der Waals surface area contributed by atoms with Crippen LogP contribution < -0.4 is 9.62 Å². The summed E-state index contributed by atoms with van der Waals surface area (Å²) in [7, 11) is -3.23. The minimum Gasteiger partial charge on any atom is -0.390 e. The van der Waals surface area contributed by atoms with Crippen molar-refractivity contribution in [3.8, 4) is 0 Å². The van der Waals surface area contributed by atoms with Crippen LogP contribution in [-0.4, -0.2) is 28.5 Å². The number of benzene rings is 3. The molecule has 150 valence electrons. The first-order chi connectivity index (χ1) is 13.9. The molecule has 2 atom stereocenters. The lowest BCUT2D eigenvalue weighted by molar-refractivity contribution is 0.186. The fourth-order valence-electron chi connectivity index (χ4n) is 3.18. The second-order valence-electron chi connectivity index (χ2n) is 6.66. The molecular formula is C21H20ClN3O2S2. The quantitative estimate of drug-likeness (QED) is 0.503. The Balaban J connectivity index is 1.50. The van der Waals surface area contributed by atoms with Gasteiger partial charge in [-0.05, 0) is 48.5 Å². The number of nitrogens with one attached hydrogen (secondary N) is 2. The molecule has 0 aromatic heterocycles. The molecule has 0 saturated heterocycles. The molecule has 2 unspecified atom stereocenters. The summed E-state index contributed by atoms with van der Waals surface area (Å²) in [6, 6.07) is 22.4. The average molecular weight is 446 g/mol. The predicted octanol–water partition coefficient (Wildman–Crippen LogP) is 4.91. The van der Waals surface area contributed by atoms with Crippen molar-refractivity contribution < 1.29 is 9.32 Å². The number of hydrogen-bond donors (Lipinski definition) is 3. The highest BCUT2D eigenvalue weighted by Gasteiger charge is 2.25. The number of fused-ring (bicyclic) bond motifs is 2. The number of halogens is 1. The van der Waals surface area contributed by atoms with Gasteiger partial charge in [-0.15, -0.1) is 0 Å². The summed E-state index contributed by atoms with van der Waals surface area (Å²) >= 11 is 7.56. The Morgan fingerprint density at radius 1 is 1.00 bits per heavy atom. The molecule has 0 radical (unpaired) electrons. The van der Waals surface area contributed by atoms with Crippen LogP contribution in [-0.2, 0) is 9.92 Å². The summed E-state index contributed by atoms with van der Waals surface area (Å²) in [4.78, 5) is 4.65. The first-order valence-corrected chi connectivity index (χ1v) is 11.8. The molecule has 1 aliphatic heterocycles. The number of β-amino-alcohol motifs (C(OH)–C–C–N with tert-alkyl or cyclic N) is 1. The van der Waals surface area contributed by atoms with Gasteiger partial charge < -0.3 is 10.0 Å². The number of nitrogens with zero attached hydrogens (tertiary/aromatic N) is 1. The normalized spacial score (nSPS) is 15.9. The van der Waals surface area contributed by atoms with Crippen LogP contribution in [0.25, 0.3) is 0 Å². The standard InChI is InChI=1S/C21H20ClN3O2S2/c22-15-9-11-17(12-10-15)29(23,27)24-13-16(26)14-25-18-5-1-3-7-20(18)28-21-8-4-2-6-19(21)25/h1-12,16,26H,13-14H2,(H2,23,24,27). The third kappa shape index (κ3) is 4.44. The van der Waals surface area contributed by atoms with Crippen molar-refractivity contribution in [2.45, 2.75) is 20.8 Å². The smallest absolute Gasteiger partial charge is 0.134 e. The fraction of sp³-hybridized carbons (Fsp3) is 0.143. The van der Waals surface area contributed by atoms with Crippen LogP contribution in [0.15, 0.2) is 87.5 Å². The molecule has 4 rings (SSSR count). The molecule has 3 aromatic rings. The van der Waals surface area contributed by atoms with Crippen LogP contribution in [0.1, 0.15) is 0 Å². The van der Waals surface area contributed by atoms with Crippen molar-refractivity contribution in [1.82, 2.24) is 4.72 Å². The Bertz CT molecular complexity index is 1080. The maximum absolute atomic E-state index is 12.7. The van der Waals surface area contributed by atoms with Crippen LogP contribution in [0.5, 0.6) is 0 Å². The van der Waals surface area contributed by atoms with Gasteiger partial charge in [0, 0.05) is 21.4 Å². The van der Waals surface area contributed by atoms with Gasteiger partial charge in [0.05, 0.1) is 28.9 Å². The summed E-state index contributed by atoms with van der Waals surface area (Å²) in [5.74, 6) is 0. The van der Waals surface area contributed by atoms with E-state index in [1.807, 2.05) is 36.4 Å². The van der Waals surface area contributed by atoms with Crippen molar-refractivity contribution in [1.29, 1.82) is 4.78 Å². The highest BCUT2D eigenvalue weighted by atomic mass is 35.5. The molecule has 0 spiro atoms. The first kappa shape index (κ1) is 20.3. The SMILES string of the molecule is N=S(=O)(NCC(O)CN1c2ccccc2Sc2ccccc21)c1ccc(Cl)cc1. The summed E-state index contributed by atoms with van der Waals surface area (Å²) < 4.78 is 23.5. The van der Waals surface area contributed by atoms with E-state index in [2.05, 4.69) is 21.8 Å². The number of para-hydroxylation sites is 2. The van der Waals surface area contributed by atoms with Gasteiger partial charge in [0.2, 0.25) is 0 Å². The minimum atomic E-state index is -3.23. The zero-order valence-electron chi connectivity index (χ0n) is 15.4. The second kappa shape index (κ2) is 8.38. The van der Waals surface area contributed by atoms with Crippen LogP contribution in [0.3, 0.4) is 0 Å². The molecule has 0 amide bonds. The second-order valence-corrected chi connectivity index (χ2v) is 10.1. The van der Waals surface area contributed by atoms with E-state index >= 15 is 0 Å². The fourth-order valence-corrected chi connectivity index (χ4v) is 5.51. The Morgan fingerprint density at radius 3 is 2.14 bits per heavy atom. The highest BCUT2D eigenvalue weighted by Crippen LogP contribution is 2.47. The molecule has 3 N–H and O–H groups in total. The molecule has 0 aliphatic carbocycles. The summed E-state index contributed by atoms with van der Waals surface area (Å²) in [6.07, 6.45) is -0.822. The Labute approximate surface area is 179 Å². The van der Waals surface area contributed by atoms with Crippen molar-refractivity contribution in [3.05, 3.63) is 77.8 Å². The van der Waals surface area contributed by atoms with E-state index in [9.17, 15) is 9.32 Å². The average Bonchev–Trinajstić information content (AvgIpc) is 2.72. The zero-order chi connectivity index (χ0) is 20.4. The molecule has 0 bridgehead atoms. The Kier molecular flexibility index (Phi) is 5.85. The molecule has 0 fully saturated rings. The molecule has 1 heterocycles. The zero-order valence-corrected chi connectivity index (χ0v) is 17.8. The molecule has 8 heteroatoms. The van der Waals surface area contributed by atoms with E-state index in [0.29, 0.717) is 16.5 Å². The van der Waals surface area contributed by atoms with Crippen LogP contribution in [0.4, 0.5) is 11.4 Å². The Morgan fingerprint density at radius 2 is 1.55 bits per heavy atom. The maximum Gasteiger partial charge on any atom is 0.134 e. The third-order valence-electron chi connectivity index (χ3n) is 4.59. The van der Waals surface area contributed by atoms with Crippen molar-refractivity contribution in [2.24, 2.45) is 0 Å². The third-order valence-corrected chi connectivity index (χ3v) is 7.48. The lowest BCUT2D eigenvalue weighted by Gasteiger charge is -2.34. The predicted molar refractivity (Wildman–Crippen MR) is 119 cm³/mol. The lowest BCUT2D eigenvalue weighted by atomic mass is 10.2. The molecule has 5 nitrogen and oxygen atoms in total. The van der Waals surface area contributed by atoms with Crippen LogP contribution in [0.2, 0.25) is 5.02 Å². The lowest BCUT2D eigenvalue weighted by Crippen LogP contribution is -2.39. The van der Waals surface area contributed by atoms with Gasteiger partial charge in [0.25, 0.3) is 0 Å². The maximum atomic E-state index is 12.7. The molecule has 0 saturated carbocycles. The van der Waals surface area contributed by atoms with Crippen molar-refractivity contribution >= 4 is 44.7 Å². The number of aliphatic hydroxyl groups is 1. The summed E-state index contributed by atoms with van der Waals surface area (Å²) in [6.45, 7) is 0.344. The van der Waals surface area contributed by atoms with E-state index in [0.717, 1.165) is 21.2 Å². The molecule has 29 heavy (non-hydrogen) atoms. The monoisotopic (exact) mass is 445 g/mol. The minimum absolute atomic E-state index is 0.0267. The van der Waals surface area contributed by atoms with Gasteiger partial charge in [0.1, 0.15) is 9.92 Å². The van der Waals surface area contributed by atoms with Gasteiger partial charge >= 0.3 is 0 Å². The molecule has 3 aromatic carbocycles. The van der Waals surface area contributed by atoms with Crippen molar-refractivity contribution in [3.63, 3.8) is 0 Å². The van der Waals surface area contributed by atoms with E-state index < -0.39 is 16.0 Å². The van der Waals surface area contributed by atoms with Gasteiger partial charge in [-0.25, -0.2) is 13.7 Å². The van der Waals surface area contributed by atoms with E-state index in [1.165, 1.54) is 0 Å². The van der Waals surface area contributed by atoms with E-state index in [-0.39, 0.29) is 6.54 Å². The number of hydrogen-bond acceptors (Lipinski definition) is 5. The number of aliphatic hydroxyl groups excluding tert-OH is 1. The van der Waals surface area contributed by atoms with Crippen molar-refractivity contribution in [2.75, 3.05) is 18.0 Å². The van der Waals surface area contributed by atoms with E-state index in [4.69, 9.17) is 16.4 Å². The van der Waals surface area contributed by atoms with E-state index in [1.54, 1.807) is 36.0 Å². The Hall–Kier alpha value is -2.03. The van der Waals surface area contributed by atoms with Gasteiger partial charge in [0.15, 0.2) is 0 Å². The van der Waals surface area contributed by atoms with Gasteiger partial charge in [-0.3, -0.25) is 0 Å². The number of rotatable bonds is 6. The molecule has 1 aliphatic rings. The topological polar surface area (TPSA) is 76.4 Å². The summed E-state index contributed by atoms with van der Waals surface area (Å²) in [5.41, 5.74) is 2.05. The van der Waals surface area contributed by atoms with Crippen LogP contribution >= 0.6 is 23.4 Å². The van der Waals surface area contributed by atoms with Crippen LogP contribution in [0, 0.1) is 4.78 Å². The largest absolute Gasteiger partial charge is 0.390 e. The number of anilines is 2. The van der Waals surface area contributed by atoms with Gasteiger partial charge in [-0.1, -0.05) is 47.6 Å².